The van der Waals surface area contributed by atoms with Gasteiger partial charge in [-0.1, -0.05) is 55.3 Å². The molecule has 9 heteroatoms. The smallest absolute Gasteiger partial charge is 0.244 e. The molecule has 186 valence electrons. The molecule has 0 aliphatic carbocycles. The van der Waals surface area contributed by atoms with Crippen LogP contribution in [-0.2, 0) is 26.2 Å². The van der Waals surface area contributed by atoms with Crippen LogP contribution in [0.3, 0.4) is 0 Å². The monoisotopic (exact) mass is 507 g/mol. The van der Waals surface area contributed by atoms with Gasteiger partial charge < -0.3 is 10.2 Å². The number of benzene rings is 2. The van der Waals surface area contributed by atoms with E-state index in [9.17, 15) is 18.0 Å². The average Bonchev–Trinajstić information content (AvgIpc) is 2.77. The molecule has 0 radical (unpaired) electrons. The van der Waals surface area contributed by atoms with Gasteiger partial charge in [0.05, 0.1) is 11.9 Å². The number of nitrogens with one attached hydrogen (secondary N) is 1. The van der Waals surface area contributed by atoms with Gasteiger partial charge in [-0.05, 0) is 56.0 Å². The van der Waals surface area contributed by atoms with Gasteiger partial charge in [0.1, 0.15) is 12.6 Å². The molecule has 1 atom stereocenters. The van der Waals surface area contributed by atoms with Crippen molar-refractivity contribution in [1.82, 2.24) is 10.2 Å². The van der Waals surface area contributed by atoms with Gasteiger partial charge in [-0.15, -0.1) is 0 Å². The van der Waals surface area contributed by atoms with Crippen LogP contribution in [0.2, 0.25) is 5.02 Å². The number of anilines is 1. The average molecular weight is 508 g/mol. The van der Waals surface area contributed by atoms with Crippen LogP contribution in [-0.4, -0.2) is 50.5 Å². The largest absolute Gasteiger partial charge is 0.354 e. The zero-order chi connectivity index (χ0) is 25.5. The fourth-order valence-electron chi connectivity index (χ4n) is 3.54. The molecule has 1 N–H and O–H groups in total. The summed E-state index contributed by atoms with van der Waals surface area (Å²) in [5.74, 6) is -0.758. The van der Waals surface area contributed by atoms with Gasteiger partial charge in [0, 0.05) is 18.1 Å². The van der Waals surface area contributed by atoms with Gasteiger partial charge in [-0.25, -0.2) is 8.42 Å². The second-order valence-electron chi connectivity index (χ2n) is 8.47. The first-order valence-electron chi connectivity index (χ1n) is 11.3. The molecule has 0 aliphatic rings. The second-order valence-corrected chi connectivity index (χ2v) is 10.8. The van der Waals surface area contributed by atoms with Crippen LogP contribution in [0.1, 0.15) is 43.4 Å². The van der Waals surface area contributed by atoms with E-state index in [2.05, 4.69) is 5.32 Å². The molecule has 2 rings (SSSR count). The lowest BCUT2D eigenvalue weighted by atomic mass is 10.1. The number of unbranched alkanes of at least 4 members (excludes halogenated alkanes) is 1. The number of rotatable bonds is 11. The Bertz CT molecular complexity index is 1120. The number of carbonyl (C=O) groups excluding carboxylic acids is 2. The van der Waals surface area contributed by atoms with Gasteiger partial charge in [-0.3, -0.25) is 13.9 Å². The minimum absolute atomic E-state index is 0.181. The first-order valence-corrected chi connectivity index (χ1v) is 13.5. The van der Waals surface area contributed by atoms with Gasteiger partial charge in [0.25, 0.3) is 0 Å². The summed E-state index contributed by atoms with van der Waals surface area (Å²) in [7, 11) is -3.80. The maximum atomic E-state index is 13.6. The van der Waals surface area contributed by atoms with Crippen LogP contribution < -0.4 is 9.62 Å². The Hall–Kier alpha value is -2.58. The molecule has 0 unspecified atom stereocenters. The van der Waals surface area contributed by atoms with E-state index < -0.39 is 28.5 Å². The van der Waals surface area contributed by atoms with E-state index in [-0.39, 0.29) is 12.5 Å². The standard InChI is InChI=1S/C25H34ClN3O4S/c1-6-7-14-27-25(31)20(4)28(16-21-11-9-8-10-18(21)2)24(30)17-29(34(5,32)33)23-15-22(26)13-12-19(23)3/h8-13,15,20H,6-7,14,16-17H2,1-5H3,(H,27,31)/t20-/m1/s1. The molecular formula is C25H34ClN3O4S. The molecule has 0 bridgehead atoms. The Kier molecular flexibility index (Phi) is 9.94. The SMILES string of the molecule is CCCCNC(=O)[C@@H](C)N(Cc1ccccc1C)C(=O)CN(c1cc(Cl)ccc1C)S(C)(=O)=O. The Morgan fingerprint density at radius 3 is 2.38 bits per heavy atom. The van der Waals surface area contributed by atoms with Crippen molar-refractivity contribution in [2.75, 3.05) is 23.7 Å². The molecule has 0 saturated carbocycles. The minimum atomic E-state index is -3.80. The molecule has 0 aromatic heterocycles. The van der Waals surface area contributed by atoms with E-state index in [0.29, 0.717) is 22.8 Å². The molecule has 7 nitrogen and oxygen atoms in total. The van der Waals surface area contributed by atoms with Crippen LogP contribution in [0.4, 0.5) is 5.69 Å². The highest BCUT2D eigenvalue weighted by Crippen LogP contribution is 2.27. The molecule has 2 amide bonds. The van der Waals surface area contributed by atoms with Crippen LogP contribution in [0.15, 0.2) is 42.5 Å². The first kappa shape index (κ1) is 27.7. The third-order valence-electron chi connectivity index (χ3n) is 5.72. The number of nitrogens with zero attached hydrogens (tertiary/aromatic N) is 2. The summed E-state index contributed by atoms with van der Waals surface area (Å²) in [4.78, 5) is 27.8. The molecule has 2 aromatic rings. The van der Waals surface area contributed by atoms with Crippen LogP contribution in [0.25, 0.3) is 0 Å². The molecule has 2 aromatic carbocycles. The summed E-state index contributed by atoms with van der Waals surface area (Å²) in [6, 6.07) is 11.7. The summed E-state index contributed by atoms with van der Waals surface area (Å²) in [5.41, 5.74) is 2.86. The molecule has 34 heavy (non-hydrogen) atoms. The van der Waals surface area contributed by atoms with Gasteiger partial charge >= 0.3 is 0 Å². The van der Waals surface area contributed by atoms with Gasteiger partial charge in [-0.2, -0.15) is 0 Å². The number of sulfonamides is 1. The van der Waals surface area contributed by atoms with Crippen molar-refractivity contribution in [1.29, 1.82) is 0 Å². The molecule has 0 spiro atoms. The van der Waals surface area contributed by atoms with E-state index in [4.69, 9.17) is 11.6 Å². The maximum absolute atomic E-state index is 13.6. The Balaban J connectivity index is 2.41. The van der Waals surface area contributed by atoms with E-state index in [1.807, 2.05) is 38.1 Å². The lowest BCUT2D eigenvalue weighted by molar-refractivity contribution is -0.139. The van der Waals surface area contributed by atoms with Crippen molar-refractivity contribution in [2.24, 2.45) is 0 Å². The summed E-state index contributed by atoms with van der Waals surface area (Å²) >= 11 is 6.12. The number of amides is 2. The minimum Gasteiger partial charge on any atom is -0.354 e. The Labute approximate surface area is 208 Å². The number of carbonyl (C=O) groups is 2. The summed E-state index contributed by atoms with van der Waals surface area (Å²) in [5, 5.41) is 3.23. The predicted octanol–water partition coefficient (Wildman–Crippen LogP) is 4.06. The zero-order valence-corrected chi connectivity index (χ0v) is 22.0. The van der Waals surface area contributed by atoms with Crippen LogP contribution >= 0.6 is 11.6 Å². The lowest BCUT2D eigenvalue weighted by Gasteiger charge is -2.32. The third kappa shape index (κ3) is 7.46. The molecule has 0 saturated heterocycles. The highest BCUT2D eigenvalue weighted by atomic mass is 35.5. The summed E-state index contributed by atoms with van der Waals surface area (Å²) < 4.78 is 26.4. The normalized spacial score (nSPS) is 12.2. The van der Waals surface area contributed by atoms with Crippen molar-refractivity contribution in [3.05, 3.63) is 64.2 Å². The summed E-state index contributed by atoms with van der Waals surface area (Å²) in [6.07, 6.45) is 2.82. The molecule has 0 heterocycles. The van der Waals surface area contributed by atoms with Crippen molar-refractivity contribution in [3.8, 4) is 0 Å². The number of aryl methyl sites for hydroxylation is 2. The summed E-state index contributed by atoms with van der Waals surface area (Å²) in [6.45, 7) is 7.63. The van der Waals surface area contributed by atoms with Crippen LogP contribution in [0.5, 0.6) is 0 Å². The van der Waals surface area contributed by atoms with Gasteiger partial charge in [0.15, 0.2) is 0 Å². The van der Waals surface area contributed by atoms with E-state index >= 15 is 0 Å². The predicted molar refractivity (Wildman–Crippen MR) is 137 cm³/mol. The lowest BCUT2D eigenvalue weighted by Crippen LogP contribution is -2.51. The molecule has 0 aliphatic heterocycles. The molecular weight excluding hydrogens is 474 g/mol. The van der Waals surface area contributed by atoms with E-state index in [1.165, 1.54) is 11.0 Å². The van der Waals surface area contributed by atoms with Crippen LogP contribution in [0, 0.1) is 13.8 Å². The Morgan fingerprint density at radius 1 is 1.09 bits per heavy atom. The van der Waals surface area contributed by atoms with Gasteiger partial charge in [0.2, 0.25) is 21.8 Å². The van der Waals surface area contributed by atoms with Crippen molar-refractivity contribution < 1.29 is 18.0 Å². The maximum Gasteiger partial charge on any atom is 0.244 e. The number of hydrogen-bond acceptors (Lipinski definition) is 4. The quantitative estimate of drug-likeness (QED) is 0.465. The van der Waals surface area contributed by atoms with E-state index in [1.54, 1.807) is 26.0 Å². The topological polar surface area (TPSA) is 86.8 Å². The first-order chi connectivity index (χ1) is 16.0. The fourth-order valence-corrected chi connectivity index (χ4v) is 4.60. The third-order valence-corrected chi connectivity index (χ3v) is 7.08. The highest BCUT2D eigenvalue weighted by Gasteiger charge is 2.30. The molecule has 0 fully saturated rings. The van der Waals surface area contributed by atoms with Crippen molar-refractivity contribution >= 4 is 39.1 Å². The second kappa shape index (κ2) is 12.2. The van der Waals surface area contributed by atoms with E-state index in [0.717, 1.165) is 34.5 Å². The Morgan fingerprint density at radius 2 is 1.76 bits per heavy atom. The van der Waals surface area contributed by atoms with Crippen molar-refractivity contribution in [2.45, 2.75) is 53.1 Å². The fraction of sp³-hybridized carbons (Fsp3) is 0.440. The number of hydrogen-bond donors (Lipinski definition) is 1. The highest BCUT2D eigenvalue weighted by molar-refractivity contribution is 7.92. The zero-order valence-electron chi connectivity index (χ0n) is 20.5. The number of halogens is 1. The van der Waals surface area contributed by atoms with Crippen molar-refractivity contribution in [3.63, 3.8) is 0 Å².